The minimum absolute atomic E-state index is 0.0912. The molecule has 0 fully saturated rings. The van der Waals surface area contributed by atoms with Crippen LogP contribution >= 0.6 is 0 Å². The van der Waals surface area contributed by atoms with E-state index in [2.05, 4.69) is 10.6 Å². The molecule has 0 aliphatic rings. The Labute approximate surface area is 122 Å². The van der Waals surface area contributed by atoms with Crippen molar-refractivity contribution in [3.05, 3.63) is 53.8 Å². The number of anilines is 3. The summed E-state index contributed by atoms with van der Waals surface area (Å²) >= 11 is 0. The molecule has 0 aromatic heterocycles. The van der Waals surface area contributed by atoms with Gasteiger partial charge in [0, 0.05) is 11.4 Å². The summed E-state index contributed by atoms with van der Waals surface area (Å²) in [5.74, 6) is -0.661. The lowest BCUT2D eigenvalue weighted by atomic mass is 10.1. The van der Waals surface area contributed by atoms with Gasteiger partial charge in [0.1, 0.15) is 5.82 Å². The molecule has 2 aromatic rings. The summed E-state index contributed by atoms with van der Waals surface area (Å²) in [5, 5.41) is 4.38. The fourth-order valence-electron chi connectivity index (χ4n) is 1.73. The highest BCUT2D eigenvalue weighted by atomic mass is 19.4. The first-order valence-electron chi connectivity index (χ1n) is 6.06. The number of halogens is 4. The van der Waals surface area contributed by atoms with E-state index in [4.69, 9.17) is 5.73 Å². The molecule has 0 spiro atoms. The lowest BCUT2D eigenvalue weighted by Gasteiger charge is -2.13. The Hall–Kier alpha value is -2.77. The molecule has 8 heteroatoms. The molecule has 0 saturated heterocycles. The number of nitrogen functional groups attached to an aromatic ring is 1. The molecule has 2 aromatic carbocycles. The van der Waals surface area contributed by atoms with Crippen molar-refractivity contribution in [2.24, 2.45) is 0 Å². The molecular weight excluding hydrogens is 302 g/mol. The zero-order chi connectivity index (χ0) is 16.3. The molecule has 0 aliphatic heterocycles. The Morgan fingerprint density at radius 3 is 2.36 bits per heavy atom. The number of benzene rings is 2. The monoisotopic (exact) mass is 313 g/mol. The second kappa shape index (κ2) is 5.92. The van der Waals surface area contributed by atoms with Gasteiger partial charge in [-0.1, -0.05) is 12.1 Å². The van der Waals surface area contributed by atoms with Gasteiger partial charge in [-0.2, -0.15) is 13.2 Å². The topological polar surface area (TPSA) is 67.1 Å². The molecule has 0 aliphatic carbocycles. The van der Waals surface area contributed by atoms with Crippen LogP contribution in [0.15, 0.2) is 42.5 Å². The summed E-state index contributed by atoms with van der Waals surface area (Å²) in [5.41, 5.74) is 3.53. The molecular formula is C14H11F4N3O. The maximum absolute atomic E-state index is 13.4. The molecule has 116 valence electrons. The number of nitrogens with one attached hydrogen (secondary N) is 2. The zero-order valence-corrected chi connectivity index (χ0v) is 11.0. The molecule has 0 heterocycles. The van der Waals surface area contributed by atoms with E-state index in [9.17, 15) is 22.4 Å². The van der Waals surface area contributed by atoms with Gasteiger partial charge in [-0.25, -0.2) is 9.18 Å². The maximum atomic E-state index is 13.4. The maximum Gasteiger partial charge on any atom is 0.418 e. The highest BCUT2D eigenvalue weighted by Crippen LogP contribution is 2.35. The average Bonchev–Trinajstić information content (AvgIpc) is 2.42. The molecule has 4 N–H and O–H groups in total. The largest absolute Gasteiger partial charge is 0.418 e. The van der Waals surface area contributed by atoms with Crippen molar-refractivity contribution in [1.82, 2.24) is 0 Å². The standard InChI is InChI=1S/C14H11F4N3O/c15-10-3-1-2-4-12(10)21-13(22)20-8-5-6-11(19)9(7-8)14(16,17)18/h1-7H,19H2,(H2,20,21,22). The van der Waals surface area contributed by atoms with Crippen LogP contribution in [-0.2, 0) is 6.18 Å². The van der Waals surface area contributed by atoms with E-state index in [1.807, 2.05) is 0 Å². The summed E-state index contributed by atoms with van der Waals surface area (Å²) in [6, 6.07) is 7.48. The Balaban J connectivity index is 2.14. The number of para-hydroxylation sites is 1. The van der Waals surface area contributed by atoms with Gasteiger partial charge < -0.3 is 16.4 Å². The Morgan fingerprint density at radius 2 is 1.73 bits per heavy atom. The fraction of sp³-hybridized carbons (Fsp3) is 0.0714. The van der Waals surface area contributed by atoms with Gasteiger partial charge in [0.2, 0.25) is 0 Å². The van der Waals surface area contributed by atoms with Gasteiger partial charge in [0.05, 0.1) is 11.3 Å². The van der Waals surface area contributed by atoms with Crippen molar-refractivity contribution < 1.29 is 22.4 Å². The Morgan fingerprint density at radius 1 is 1.05 bits per heavy atom. The molecule has 0 radical (unpaired) electrons. The lowest BCUT2D eigenvalue weighted by molar-refractivity contribution is -0.136. The predicted molar refractivity (Wildman–Crippen MR) is 74.9 cm³/mol. The van der Waals surface area contributed by atoms with Crippen LogP contribution in [-0.4, -0.2) is 6.03 Å². The molecule has 0 bridgehead atoms. The smallest absolute Gasteiger partial charge is 0.398 e. The Kier molecular flexibility index (Phi) is 4.20. The third-order valence-electron chi connectivity index (χ3n) is 2.74. The van der Waals surface area contributed by atoms with Gasteiger partial charge >= 0.3 is 12.2 Å². The second-order valence-electron chi connectivity index (χ2n) is 4.36. The van der Waals surface area contributed by atoms with Crippen LogP contribution in [0.5, 0.6) is 0 Å². The van der Waals surface area contributed by atoms with E-state index < -0.39 is 29.3 Å². The number of hydrogen-bond acceptors (Lipinski definition) is 2. The molecule has 0 saturated carbocycles. The SMILES string of the molecule is Nc1ccc(NC(=O)Nc2ccccc2F)cc1C(F)(F)F. The van der Waals surface area contributed by atoms with Crippen molar-refractivity contribution in [2.45, 2.75) is 6.18 Å². The van der Waals surface area contributed by atoms with E-state index in [0.29, 0.717) is 6.07 Å². The van der Waals surface area contributed by atoms with Crippen molar-refractivity contribution in [2.75, 3.05) is 16.4 Å². The normalized spacial score (nSPS) is 11.1. The highest BCUT2D eigenvalue weighted by molar-refractivity contribution is 6.00. The van der Waals surface area contributed by atoms with Crippen molar-refractivity contribution in [3.63, 3.8) is 0 Å². The van der Waals surface area contributed by atoms with Crippen LogP contribution in [0.2, 0.25) is 0 Å². The summed E-state index contributed by atoms with van der Waals surface area (Å²) in [6.45, 7) is 0. The third kappa shape index (κ3) is 3.66. The highest BCUT2D eigenvalue weighted by Gasteiger charge is 2.33. The van der Waals surface area contributed by atoms with Crippen LogP contribution < -0.4 is 16.4 Å². The van der Waals surface area contributed by atoms with Crippen LogP contribution in [0.1, 0.15) is 5.56 Å². The predicted octanol–water partition coefficient (Wildman–Crippen LogP) is 4.07. The average molecular weight is 313 g/mol. The Bertz CT molecular complexity index is 701. The molecule has 22 heavy (non-hydrogen) atoms. The zero-order valence-electron chi connectivity index (χ0n) is 11.0. The second-order valence-corrected chi connectivity index (χ2v) is 4.36. The van der Waals surface area contributed by atoms with Gasteiger partial charge in [0.15, 0.2) is 0 Å². The number of carbonyl (C=O) groups excluding carboxylic acids is 1. The van der Waals surface area contributed by atoms with Gasteiger partial charge in [0.25, 0.3) is 0 Å². The summed E-state index contributed by atoms with van der Waals surface area (Å²) < 4.78 is 51.5. The van der Waals surface area contributed by atoms with E-state index >= 15 is 0 Å². The molecule has 2 amide bonds. The number of carbonyl (C=O) groups is 1. The minimum atomic E-state index is -4.64. The number of rotatable bonds is 2. The van der Waals surface area contributed by atoms with Crippen LogP contribution in [0.3, 0.4) is 0 Å². The number of amides is 2. The first-order chi connectivity index (χ1) is 10.3. The van der Waals surface area contributed by atoms with E-state index in [1.165, 1.54) is 24.3 Å². The third-order valence-corrected chi connectivity index (χ3v) is 2.74. The van der Waals surface area contributed by atoms with Crippen LogP contribution in [0, 0.1) is 5.82 Å². The summed E-state index contributed by atoms with van der Waals surface area (Å²) in [4.78, 5) is 11.7. The quantitative estimate of drug-likeness (QED) is 0.578. The van der Waals surface area contributed by atoms with Crippen LogP contribution in [0.25, 0.3) is 0 Å². The first-order valence-corrected chi connectivity index (χ1v) is 6.06. The number of alkyl halides is 3. The van der Waals surface area contributed by atoms with E-state index in [1.54, 1.807) is 0 Å². The molecule has 4 nitrogen and oxygen atoms in total. The lowest BCUT2D eigenvalue weighted by Crippen LogP contribution is -2.20. The number of nitrogens with two attached hydrogens (primary N) is 1. The summed E-state index contributed by atoms with van der Waals surface area (Å²) in [7, 11) is 0. The van der Waals surface area contributed by atoms with Gasteiger partial charge in [-0.15, -0.1) is 0 Å². The summed E-state index contributed by atoms with van der Waals surface area (Å²) in [6.07, 6.45) is -4.64. The molecule has 0 unspecified atom stereocenters. The molecule has 2 rings (SSSR count). The van der Waals surface area contributed by atoms with Gasteiger partial charge in [-0.3, -0.25) is 0 Å². The minimum Gasteiger partial charge on any atom is -0.398 e. The number of hydrogen-bond donors (Lipinski definition) is 3. The first kappa shape index (κ1) is 15.6. The van der Waals surface area contributed by atoms with Crippen molar-refractivity contribution in [3.8, 4) is 0 Å². The van der Waals surface area contributed by atoms with Gasteiger partial charge in [-0.05, 0) is 30.3 Å². The molecule has 0 atom stereocenters. The van der Waals surface area contributed by atoms with E-state index in [0.717, 1.165) is 12.1 Å². The van der Waals surface area contributed by atoms with E-state index in [-0.39, 0.29) is 11.4 Å². The van der Waals surface area contributed by atoms with Crippen molar-refractivity contribution >= 4 is 23.1 Å². The van der Waals surface area contributed by atoms with Crippen LogP contribution in [0.4, 0.5) is 39.4 Å². The van der Waals surface area contributed by atoms with Crippen molar-refractivity contribution in [1.29, 1.82) is 0 Å². The fourth-order valence-corrected chi connectivity index (χ4v) is 1.73. The number of urea groups is 1.